The molecule has 2 atom stereocenters. The van der Waals surface area contributed by atoms with Crippen molar-refractivity contribution >= 4 is 35.4 Å². The van der Waals surface area contributed by atoms with Crippen LogP contribution in [0.15, 0.2) is 41.9 Å². The van der Waals surface area contributed by atoms with Gasteiger partial charge in [0.2, 0.25) is 12.3 Å². The minimum atomic E-state index is -2.38. The number of fused-ring (bicyclic) bond motifs is 1. The van der Waals surface area contributed by atoms with Gasteiger partial charge in [0.05, 0.1) is 30.3 Å². The van der Waals surface area contributed by atoms with Crippen LogP contribution in [0.1, 0.15) is 32.8 Å². The predicted molar refractivity (Wildman–Crippen MR) is 167 cm³/mol. The average molecular weight is 652 g/mol. The molecule has 2 saturated heterocycles. The standard InChI is InChI=1S/C26H27ClF2N4O3.C6H11F2N/c1-5-22(35)32-12-16(3)33(13-15(32)2)26(30-4)19-11-20(27)23(18-7-6-17(28)10-21(18)29)25-24(19)31(14-34)8-9-36-25;1-2-3-9-4-6(7,8)5-9/h5-7,10-11,14-16H,1,8-9,12-13H2,2-4H3;2-5H2,1H3/t15-,16+;/m1./s1. The zero-order valence-electron chi connectivity index (χ0n) is 25.8. The van der Waals surface area contributed by atoms with Crippen LogP contribution in [0.25, 0.3) is 11.1 Å². The van der Waals surface area contributed by atoms with Gasteiger partial charge in [0.1, 0.15) is 24.1 Å². The molecule has 2 fully saturated rings. The second-order valence-electron chi connectivity index (χ2n) is 11.4. The normalized spacial score (nSPS) is 21.2. The molecule has 0 radical (unpaired) electrons. The Morgan fingerprint density at radius 1 is 1.16 bits per heavy atom. The number of amidine groups is 1. The van der Waals surface area contributed by atoms with Gasteiger partial charge in [-0.15, -0.1) is 0 Å². The molecule has 3 heterocycles. The van der Waals surface area contributed by atoms with Crippen molar-refractivity contribution in [1.82, 2.24) is 14.7 Å². The number of halogens is 5. The number of anilines is 1. The molecule has 244 valence electrons. The fourth-order valence-electron chi connectivity index (χ4n) is 5.95. The lowest BCUT2D eigenvalue weighted by Gasteiger charge is -2.45. The highest BCUT2D eigenvalue weighted by molar-refractivity contribution is 6.35. The van der Waals surface area contributed by atoms with Gasteiger partial charge in [-0.2, -0.15) is 0 Å². The van der Waals surface area contributed by atoms with Gasteiger partial charge in [0, 0.05) is 55.0 Å². The molecule has 0 bridgehead atoms. The van der Waals surface area contributed by atoms with E-state index in [1.165, 1.54) is 17.0 Å². The first-order valence-corrected chi connectivity index (χ1v) is 15.2. The second kappa shape index (κ2) is 14.2. The molecule has 13 heteroatoms. The molecule has 2 aromatic carbocycles. The Morgan fingerprint density at radius 2 is 1.82 bits per heavy atom. The summed E-state index contributed by atoms with van der Waals surface area (Å²) in [5.74, 6) is -3.25. The molecule has 2 aromatic rings. The number of nitrogens with zero attached hydrogens (tertiary/aromatic N) is 5. The number of rotatable bonds is 6. The largest absolute Gasteiger partial charge is 0.489 e. The van der Waals surface area contributed by atoms with E-state index in [0.717, 1.165) is 25.1 Å². The van der Waals surface area contributed by atoms with Gasteiger partial charge in [-0.1, -0.05) is 25.1 Å². The summed E-state index contributed by atoms with van der Waals surface area (Å²) >= 11 is 6.71. The fourth-order valence-corrected chi connectivity index (χ4v) is 6.25. The van der Waals surface area contributed by atoms with E-state index in [1.54, 1.807) is 22.9 Å². The van der Waals surface area contributed by atoms with Crippen molar-refractivity contribution in [3.05, 3.63) is 59.1 Å². The molecule has 3 aliphatic heterocycles. The van der Waals surface area contributed by atoms with Crippen LogP contribution in [0.4, 0.5) is 23.2 Å². The lowest BCUT2D eigenvalue weighted by atomic mass is 9.96. The predicted octanol–water partition coefficient (Wildman–Crippen LogP) is 5.47. The van der Waals surface area contributed by atoms with Crippen molar-refractivity contribution in [3.63, 3.8) is 0 Å². The smallest absolute Gasteiger partial charge is 0.272 e. The van der Waals surface area contributed by atoms with Crippen LogP contribution >= 0.6 is 11.6 Å². The third-order valence-corrected chi connectivity index (χ3v) is 8.32. The molecular weight excluding hydrogens is 614 g/mol. The van der Waals surface area contributed by atoms with E-state index >= 15 is 0 Å². The highest BCUT2D eigenvalue weighted by Gasteiger charge is 2.43. The monoisotopic (exact) mass is 651 g/mol. The molecule has 0 spiro atoms. The number of carbonyl (C=O) groups is 2. The Bertz CT molecular complexity index is 1460. The second-order valence-corrected chi connectivity index (χ2v) is 11.8. The van der Waals surface area contributed by atoms with Crippen molar-refractivity contribution in [2.45, 2.75) is 45.2 Å². The zero-order valence-corrected chi connectivity index (χ0v) is 26.6. The SMILES string of the molecule is C=CC(=O)N1C[C@H](C)N(C(=NC)c2cc(Cl)c(-c3ccc(F)cc3F)c3c2N(C=O)CCO3)C[C@H]1C.CCCN1CC(F)(F)C1. The Hall–Kier alpha value is -3.64. The van der Waals surface area contributed by atoms with E-state index in [9.17, 15) is 27.2 Å². The van der Waals surface area contributed by atoms with Crippen LogP contribution in [0.3, 0.4) is 0 Å². The molecule has 0 aliphatic carbocycles. The van der Waals surface area contributed by atoms with Crippen LogP contribution in [0.2, 0.25) is 5.02 Å². The van der Waals surface area contributed by atoms with Crippen LogP contribution in [-0.4, -0.2) is 104 Å². The summed E-state index contributed by atoms with van der Waals surface area (Å²) in [5, 5.41) is 0.171. The van der Waals surface area contributed by atoms with Gasteiger partial charge in [-0.25, -0.2) is 17.6 Å². The first-order valence-electron chi connectivity index (χ1n) is 14.8. The van der Waals surface area contributed by atoms with Crippen LogP contribution in [0.5, 0.6) is 5.75 Å². The van der Waals surface area contributed by atoms with Crippen LogP contribution < -0.4 is 9.64 Å². The minimum absolute atomic E-state index is 0.0269. The molecule has 2 amide bonds. The molecule has 0 saturated carbocycles. The summed E-state index contributed by atoms with van der Waals surface area (Å²) in [7, 11) is 1.64. The summed E-state index contributed by atoms with van der Waals surface area (Å²) < 4.78 is 58.5. The van der Waals surface area contributed by atoms with E-state index in [-0.39, 0.29) is 66.1 Å². The Labute approximate surface area is 265 Å². The molecular formula is C32H38ClF4N5O3. The van der Waals surface area contributed by atoms with Crippen molar-refractivity contribution < 1.29 is 31.9 Å². The number of piperazine rings is 1. The summed E-state index contributed by atoms with van der Waals surface area (Å²) in [6, 6.07) is 4.61. The first kappa shape index (κ1) is 34.2. The molecule has 0 N–H and O–H groups in total. The molecule has 0 aromatic heterocycles. The molecule has 5 rings (SSSR count). The van der Waals surface area contributed by atoms with E-state index < -0.39 is 17.6 Å². The molecule has 45 heavy (non-hydrogen) atoms. The van der Waals surface area contributed by atoms with Gasteiger partial charge >= 0.3 is 0 Å². The van der Waals surface area contributed by atoms with Crippen molar-refractivity contribution in [3.8, 4) is 16.9 Å². The summed E-state index contributed by atoms with van der Waals surface area (Å²) in [4.78, 5) is 36.0. The van der Waals surface area contributed by atoms with Gasteiger partial charge in [0.25, 0.3) is 5.92 Å². The lowest BCUT2D eigenvalue weighted by Crippen LogP contribution is -2.59. The Kier molecular flexibility index (Phi) is 10.8. The number of hydrogen-bond donors (Lipinski definition) is 0. The third-order valence-electron chi connectivity index (χ3n) is 8.02. The lowest BCUT2D eigenvalue weighted by molar-refractivity contribution is -0.131. The fraction of sp³-hybridized carbons (Fsp3) is 0.469. The van der Waals surface area contributed by atoms with Crippen molar-refractivity contribution in [2.24, 2.45) is 4.99 Å². The number of benzene rings is 2. The third kappa shape index (κ3) is 7.27. The number of amides is 2. The number of carbonyl (C=O) groups excluding carboxylic acids is 2. The maximum Gasteiger partial charge on any atom is 0.272 e. The van der Waals surface area contributed by atoms with Crippen molar-refractivity contribution in [1.29, 1.82) is 0 Å². The molecule has 3 aliphatic rings. The molecule has 8 nitrogen and oxygen atoms in total. The maximum atomic E-state index is 14.8. The summed E-state index contributed by atoms with van der Waals surface area (Å²) in [6.07, 6.45) is 2.95. The highest BCUT2D eigenvalue weighted by Crippen LogP contribution is 2.48. The topological polar surface area (TPSA) is 68.7 Å². The number of aliphatic imine (C=N–C) groups is 1. The van der Waals surface area contributed by atoms with Gasteiger partial charge in [-0.3, -0.25) is 19.5 Å². The van der Waals surface area contributed by atoms with E-state index in [1.807, 2.05) is 20.8 Å². The molecule has 0 unspecified atom stereocenters. The van der Waals surface area contributed by atoms with E-state index in [0.29, 0.717) is 36.6 Å². The van der Waals surface area contributed by atoms with Crippen LogP contribution in [0, 0.1) is 11.6 Å². The van der Waals surface area contributed by atoms with E-state index in [4.69, 9.17) is 16.3 Å². The number of hydrogen-bond acceptors (Lipinski definition) is 5. The Morgan fingerprint density at radius 3 is 2.40 bits per heavy atom. The minimum Gasteiger partial charge on any atom is -0.489 e. The van der Waals surface area contributed by atoms with Gasteiger partial charge in [-0.05, 0) is 51.1 Å². The summed E-state index contributed by atoms with van der Waals surface area (Å²) in [6.45, 7) is 11.7. The highest BCUT2D eigenvalue weighted by atomic mass is 35.5. The van der Waals surface area contributed by atoms with Gasteiger partial charge in [0.15, 0.2) is 5.75 Å². The number of alkyl halides is 2. The number of ether oxygens (including phenoxy) is 1. The first-order chi connectivity index (χ1) is 21.3. The van der Waals surface area contributed by atoms with Crippen LogP contribution in [-0.2, 0) is 9.59 Å². The quantitative estimate of drug-likeness (QED) is 0.136. The average Bonchev–Trinajstić information content (AvgIpc) is 2.98. The van der Waals surface area contributed by atoms with Crippen molar-refractivity contribution in [2.75, 3.05) is 57.8 Å². The Balaban J connectivity index is 0.000000440. The van der Waals surface area contributed by atoms with E-state index in [2.05, 4.69) is 16.5 Å². The maximum absolute atomic E-state index is 14.8. The van der Waals surface area contributed by atoms with Gasteiger partial charge < -0.3 is 19.4 Å². The number of likely N-dealkylation sites (tertiary alicyclic amines) is 1. The summed E-state index contributed by atoms with van der Waals surface area (Å²) in [5.41, 5.74) is 1.24. The zero-order chi connectivity index (χ0) is 33.1.